The molecule has 4 aliphatic rings. The molecule has 6 unspecified atom stereocenters. The van der Waals surface area contributed by atoms with E-state index in [1.165, 1.54) is 51.4 Å². The van der Waals surface area contributed by atoms with Crippen molar-refractivity contribution < 1.29 is 4.79 Å². The Morgan fingerprint density at radius 1 is 1.00 bits per heavy atom. The Labute approximate surface area is 191 Å². The van der Waals surface area contributed by atoms with Gasteiger partial charge >= 0.3 is 0 Å². The van der Waals surface area contributed by atoms with Gasteiger partial charge in [0.1, 0.15) is 12.1 Å². The summed E-state index contributed by atoms with van der Waals surface area (Å²) in [6.45, 7) is 7.90. The number of Topliss-reactive ketones (excluding diaryl/α,β-unsaturated/α-hetero) is 1. The maximum atomic E-state index is 13.6. The van der Waals surface area contributed by atoms with Crippen molar-refractivity contribution in [1.82, 2.24) is 19.7 Å². The average molecular weight is 435 g/mol. The van der Waals surface area contributed by atoms with Gasteiger partial charge in [-0.15, -0.1) is 0 Å². The van der Waals surface area contributed by atoms with E-state index in [4.69, 9.17) is 0 Å². The number of rotatable bonds is 3. The maximum Gasteiger partial charge on any atom is 0.177 e. The van der Waals surface area contributed by atoms with E-state index in [0.29, 0.717) is 17.7 Å². The SMILES string of the molecule is C[C@H]1CCC2(C)C(CCC3C2CCC2(C)C3CC[C@@H]2C(=O)Cn2ncc3nccnc32)C1. The summed E-state index contributed by atoms with van der Waals surface area (Å²) >= 11 is 0. The summed E-state index contributed by atoms with van der Waals surface area (Å²) in [6, 6.07) is 0. The van der Waals surface area contributed by atoms with Crippen LogP contribution >= 0.6 is 0 Å². The Hall–Kier alpha value is -1.78. The Balaban J connectivity index is 1.22. The van der Waals surface area contributed by atoms with Crippen LogP contribution in [-0.2, 0) is 11.3 Å². The molecule has 0 aliphatic heterocycles. The first-order valence-electron chi connectivity index (χ1n) is 13.1. The summed E-state index contributed by atoms with van der Waals surface area (Å²) in [4.78, 5) is 22.3. The van der Waals surface area contributed by atoms with Gasteiger partial charge in [-0.05, 0) is 91.8 Å². The van der Waals surface area contributed by atoms with Crippen LogP contribution in [0.5, 0.6) is 0 Å². The van der Waals surface area contributed by atoms with Gasteiger partial charge in [0.25, 0.3) is 0 Å². The molecule has 4 fully saturated rings. The van der Waals surface area contributed by atoms with Gasteiger partial charge in [-0.25, -0.2) is 14.6 Å². The highest BCUT2D eigenvalue weighted by Gasteiger charge is 2.60. The fourth-order valence-electron chi connectivity index (χ4n) is 9.19. The van der Waals surface area contributed by atoms with Crippen molar-refractivity contribution in [3.05, 3.63) is 18.6 Å². The van der Waals surface area contributed by atoms with Crippen LogP contribution in [0.3, 0.4) is 0 Å². The number of carbonyl (C=O) groups excluding carboxylic acids is 1. The molecule has 32 heavy (non-hydrogen) atoms. The molecule has 0 amide bonds. The molecule has 4 saturated carbocycles. The number of fused-ring (bicyclic) bond motifs is 6. The summed E-state index contributed by atoms with van der Waals surface area (Å²) in [6.07, 6.45) is 17.1. The zero-order valence-corrected chi connectivity index (χ0v) is 20.0. The van der Waals surface area contributed by atoms with Crippen LogP contribution in [0.1, 0.15) is 78.6 Å². The molecule has 5 nitrogen and oxygen atoms in total. The van der Waals surface area contributed by atoms with Crippen molar-refractivity contribution in [2.24, 2.45) is 46.3 Å². The number of aromatic nitrogens is 4. The van der Waals surface area contributed by atoms with Crippen LogP contribution in [0, 0.1) is 46.3 Å². The lowest BCUT2D eigenvalue weighted by molar-refractivity contribution is -0.137. The number of nitrogens with zero attached hydrogens (tertiary/aromatic N) is 4. The van der Waals surface area contributed by atoms with Crippen LogP contribution in [0.4, 0.5) is 0 Å². The summed E-state index contributed by atoms with van der Waals surface area (Å²) in [5.74, 6) is 4.81. The highest BCUT2D eigenvalue weighted by molar-refractivity contribution is 5.83. The molecule has 0 saturated heterocycles. The lowest BCUT2D eigenvalue weighted by Gasteiger charge is -2.61. The van der Waals surface area contributed by atoms with E-state index < -0.39 is 0 Å². The average Bonchev–Trinajstić information content (AvgIpc) is 3.35. The molecule has 6 rings (SSSR count). The van der Waals surface area contributed by atoms with E-state index in [1.807, 2.05) is 0 Å². The van der Waals surface area contributed by atoms with E-state index in [1.54, 1.807) is 23.3 Å². The van der Waals surface area contributed by atoms with Crippen molar-refractivity contribution in [2.45, 2.75) is 85.1 Å². The first-order chi connectivity index (χ1) is 15.4. The molecule has 2 heterocycles. The third-order valence-corrected chi connectivity index (χ3v) is 10.9. The van der Waals surface area contributed by atoms with Crippen LogP contribution in [0.2, 0.25) is 0 Å². The van der Waals surface area contributed by atoms with Crippen molar-refractivity contribution in [3.63, 3.8) is 0 Å². The summed E-state index contributed by atoms with van der Waals surface area (Å²) in [5.41, 5.74) is 2.20. The molecule has 4 aliphatic carbocycles. The van der Waals surface area contributed by atoms with Gasteiger partial charge in [0, 0.05) is 18.3 Å². The first kappa shape index (κ1) is 20.8. The Morgan fingerprint density at radius 2 is 1.78 bits per heavy atom. The van der Waals surface area contributed by atoms with E-state index in [2.05, 4.69) is 35.8 Å². The van der Waals surface area contributed by atoms with Crippen LogP contribution in [0.25, 0.3) is 11.2 Å². The molecular formula is C27H38N4O. The standard InChI is InChI=1S/C27H38N4O/c1-17-8-10-26(2)18(14-17)4-5-19-20-6-7-22(27(20,3)11-9-21(19)26)24(32)16-31-25-23(15-30-31)28-12-13-29-25/h12-13,15,17-22H,4-11,14,16H2,1-3H3/t17-,18?,19?,20?,21?,22+,26?,27?/m0/s1. The number of ketones is 1. The van der Waals surface area contributed by atoms with Crippen molar-refractivity contribution in [2.75, 3.05) is 0 Å². The highest BCUT2D eigenvalue weighted by atomic mass is 16.1. The fraction of sp³-hybridized carbons (Fsp3) is 0.778. The molecule has 0 radical (unpaired) electrons. The lowest BCUT2D eigenvalue weighted by atomic mass is 9.44. The summed E-state index contributed by atoms with van der Waals surface area (Å²) < 4.78 is 1.77. The zero-order valence-electron chi connectivity index (χ0n) is 20.0. The minimum absolute atomic E-state index is 0.165. The van der Waals surface area contributed by atoms with Gasteiger partial charge in [-0.1, -0.05) is 27.2 Å². The predicted octanol–water partition coefficient (Wildman–Crippen LogP) is 5.69. The molecule has 2 aromatic rings. The lowest BCUT2D eigenvalue weighted by Crippen LogP contribution is -2.53. The molecule has 172 valence electrons. The van der Waals surface area contributed by atoms with Gasteiger partial charge in [-0.3, -0.25) is 4.79 Å². The molecule has 8 atom stereocenters. The summed E-state index contributed by atoms with van der Waals surface area (Å²) in [7, 11) is 0. The Morgan fingerprint density at radius 3 is 2.66 bits per heavy atom. The van der Waals surface area contributed by atoms with E-state index in [-0.39, 0.29) is 11.3 Å². The van der Waals surface area contributed by atoms with E-state index in [9.17, 15) is 4.79 Å². The van der Waals surface area contributed by atoms with Gasteiger partial charge in [-0.2, -0.15) is 5.10 Å². The quantitative estimate of drug-likeness (QED) is 0.622. The monoisotopic (exact) mass is 434 g/mol. The van der Waals surface area contributed by atoms with Gasteiger partial charge in [0.05, 0.1) is 6.20 Å². The van der Waals surface area contributed by atoms with Crippen molar-refractivity contribution >= 4 is 16.9 Å². The fourth-order valence-corrected chi connectivity index (χ4v) is 9.19. The predicted molar refractivity (Wildman–Crippen MR) is 125 cm³/mol. The number of hydrogen-bond acceptors (Lipinski definition) is 4. The largest absolute Gasteiger partial charge is 0.297 e. The Kier molecular flexibility index (Phi) is 4.79. The molecule has 2 aromatic heterocycles. The third kappa shape index (κ3) is 2.95. The molecule has 5 heteroatoms. The highest BCUT2D eigenvalue weighted by Crippen LogP contribution is 2.67. The summed E-state index contributed by atoms with van der Waals surface area (Å²) in [5, 5.41) is 4.43. The Bertz CT molecular complexity index is 1030. The molecule has 0 spiro atoms. The first-order valence-corrected chi connectivity index (χ1v) is 13.1. The minimum atomic E-state index is 0.165. The van der Waals surface area contributed by atoms with Crippen LogP contribution in [0.15, 0.2) is 18.6 Å². The van der Waals surface area contributed by atoms with Crippen LogP contribution in [-0.4, -0.2) is 25.5 Å². The molecule has 0 aromatic carbocycles. The second-order valence-corrected chi connectivity index (χ2v) is 12.2. The second-order valence-electron chi connectivity index (χ2n) is 12.2. The smallest absolute Gasteiger partial charge is 0.177 e. The van der Waals surface area contributed by atoms with Crippen molar-refractivity contribution in [1.29, 1.82) is 0 Å². The minimum Gasteiger partial charge on any atom is -0.297 e. The number of carbonyl (C=O) groups is 1. The normalized spacial score (nSPS) is 43.5. The van der Waals surface area contributed by atoms with E-state index in [0.717, 1.165) is 47.2 Å². The third-order valence-electron chi connectivity index (χ3n) is 10.9. The van der Waals surface area contributed by atoms with Gasteiger partial charge in [0.15, 0.2) is 11.4 Å². The molecule has 0 bridgehead atoms. The van der Waals surface area contributed by atoms with Crippen molar-refractivity contribution in [3.8, 4) is 0 Å². The molecule has 0 N–H and O–H groups in total. The zero-order chi connectivity index (χ0) is 22.1. The van der Waals surface area contributed by atoms with E-state index >= 15 is 0 Å². The maximum absolute atomic E-state index is 13.6. The molecular weight excluding hydrogens is 396 g/mol. The van der Waals surface area contributed by atoms with Gasteiger partial charge in [0.2, 0.25) is 0 Å². The van der Waals surface area contributed by atoms with Crippen LogP contribution < -0.4 is 0 Å². The van der Waals surface area contributed by atoms with Gasteiger partial charge < -0.3 is 0 Å². The number of hydrogen-bond donors (Lipinski definition) is 0. The second kappa shape index (κ2) is 7.36. The topological polar surface area (TPSA) is 60.7 Å².